The number of fused-ring (bicyclic) bond motifs is 1. The fourth-order valence-corrected chi connectivity index (χ4v) is 4.03. The van der Waals surface area contributed by atoms with Gasteiger partial charge in [-0.25, -0.2) is 4.98 Å². The number of aromatic nitrogens is 3. The van der Waals surface area contributed by atoms with Gasteiger partial charge in [-0.05, 0) is 18.6 Å². The molecular weight excluding hydrogens is 367 g/mol. The summed E-state index contributed by atoms with van der Waals surface area (Å²) in [5, 5.41) is 7.53. The van der Waals surface area contributed by atoms with Gasteiger partial charge in [0, 0.05) is 26.2 Å². The van der Waals surface area contributed by atoms with Crippen molar-refractivity contribution in [2.45, 2.75) is 19.6 Å². The summed E-state index contributed by atoms with van der Waals surface area (Å²) in [5.74, 6) is -1.31. The van der Waals surface area contributed by atoms with E-state index in [1.165, 1.54) is 0 Å². The van der Waals surface area contributed by atoms with Crippen molar-refractivity contribution in [3.05, 3.63) is 35.5 Å². The molecule has 0 bridgehead atoms. The van der Waals surface area contributed by atoms with E-state index in [9.17, 15) is 13.2 Å². The van der Waals surface area contributed by atoms with E-state index in [4.69, 9.17) is 9.40 Å². The van der Waals surface area contributed by atoms with Crippen LogP contribution in [0.1, 0.15) is 17.3 Å². The first kappa shape index (κ1) is 17.2. The number of piperazine rings is 1. The minimum atomic E-state index is -4.60. The predicted octanol–water partition coefficient (Wildman–Crippen LogP) is 3.33. The number of rotatable bonds is 3. The molecule has 1 aliphatic heterocycles. The molecule has 0 N–H and O–H groups in total. The molecule has 1 saturated heterocycles. The molecule has 0 atom stereocenters. The van der Waals surface area contributed by atoms with Crippen molar-refractivity contribution in [1.82, 2.24) is 20.1 Å². The molecule has 2 aromatic heterocycles. The van der Waals surface area contributed by atoms with Crippen LogP contribution in [0.25, 0.3) is 10.2 Å². The number of halogens is 3. The lowest BCUT2D eigenvalue weighted by Crippen LogP contribution is -2.46. The van der Waals surface area contributed by atoms with Crippen molar-refractivity contribution < 1.29 is 17.6 Å². The summed E-state index contributed by atoms with van der Waals surface area (Å²) >= 11 is 1.66. The Hall–Kier alpha value is -2.20. The largest absolute Gasteiger partial charge is 0.470 e. The SMILES string of the molecule is Cc1cccc2sc(N3CCN(Cc4nnc(C(F)(F)F)o4)CC3)nc12. The Morgan fingerprint density at radius 3 is 2.58 bits per heavy atom. The Morgan fingerprint density at radius 1 is 1.15 bits per heavy atom. The second kappa shape index (κ2) is 6.51. The molecule has 26 heavy (non-hydrogen) atoms. The highest BCUT2D eigenvalue weighted by Crippen LogP contribution is 2.31. The molecule has 1 aromatic carbocycles. The minimum Gasteiger partial charge on any atom is -0.416 e. The van der Waals surface area contributed by atoms with Gasteiger partial charge < -0.3 is 9.32 Å². The molecular formula is C16H16F3N5OS. The van der Waals surface area contributed by atoms with Crippen LogP contribution in [0.15, 0.2) is 22.6 Å². The van der Waals surface area contributed by atoms with Gasteiger partial charge in [0.15, 0.2) is 5.13 Å². The quantitative estimate of drug-likeness (QED) is 0.692. The smallest absolute Gasteiger partial charge is 0.416 e. The van der Waals surface area contributed by atoms with Gasteiger partial charge in [-0.2, -0.15) is 13.2 Å². The molecule has 1 fully saturated rings. The summed E-state index contributed by atoms with van der Waals surface area (Å²) in [4.78, 5) is 8.94. The second-order valence-electron chi connectivity index (χ2n) is 6.18. The zero-order chi connectivity index (χ0) is 18.3. The van der Waals surface area contributed by atoms with E-state index in [-0.39, 0.29) is 12.4 Å². The molecule has 3 heterocycles. The van der Waals surface area contributed by atoms with Crippen LogP contribution in [0.5, 0.6) is 0 Å². The number of hydrogen-bond donors (Lipinski definition) is 0. The number of hydrogen-bond acceptors (Lipinski definition) is 7. The van der Waals surface area contributed by atoms with Crippen LogP contribution in [0.3, 0.4) is 0 Å². The molecule has 6 nitrogen and oxygen atoms in total. The number of nitrogens with zero attached hydrogens (tertiary/aromatic N) is 5. The zero-order valence-corrected chi connectivity index (χ0v) is 14.8. The number of para-hydroxylation sites is 1. The van der Waals surface area contributed by atoms with Gasteiger partial charge in [0.1, 0.15) is 0 Å². The lowest BCUT2D eigenvalue weighted by Gasteiger charge is -2.33. The van der Waals surface area contributed by atoms with Crippen LogP contribution in [0.4, 0.5) is 18.3 Å². The maximum absolute atomic E-state index is 12.5. The Morgan fingerprint density at radius 2 is 1.92 bits per heavy atom. The van der Waals surface area contributed by atoms with Crippen LogP contribution in [-0.4, -0.2) is 46.3 Å². The molecule has 138 valence electrons. The maximum Gasteiger partial charge on any atom is 0.470 e. The van der Waals surface area contributed by atoms with E-state index in [0.717, 1.165) is 34.0 Å². The number of anilines is 1. The van der Waals surface area contributed by atoms with Gasteiger partial charge in [0.2, 0.25) is 5.89 Å². The topological polar surface area (TPSA) is 58.3 Å². The third kappa shape index (κ3) is 3.38. The Labute approximate surface area is 151 Å². The molecule has 4 rings (SSSR count). The molecule has 10 heteroatoms. The first-order chi connectivity index (χ1) is 12.4. The van der Waals surface area contributed by atoms with Crippen molar-refractivity contribution in [3.63, 3.8) is 0 Å². The summed E-state index contributed by atoms with van der Waals surface area (Å²) in [6.45, 7) is 5.15. The van der Waals surface area contributed by atoms with E-state index >= 15 is 0 Å². The lowest BCUT2D eigenvalue weighted by atomic mass is 10.2. The molecule has 0 saturated carbocycles. The van der Waals surface area contributed by atoms with Gasteiger partial charge in [-0.15, -0.1) is 10.2 Å². The molecule has 0 spiro atoms. The highest BCUT2D eigenvalue weighted by Gasteiger charge is 2.38. The summed E-state index contributed by atoms with van der Waals surface area (Å²) in [6, 6.07) is 6.13. The van der Waals surface area contributed by atoms with Crippen molar-refractivity contribution in [3.8, 4) is 0 Å². The van der Waals surface area contributed by atoms with Gasteiger partial charge in [-0.3, -0.25) is 4.90 Å². The summed E-state index contributed by atoms with van der Waals surface area (Å²) in [7, 11) is 0. The Balaban J connectivity index is 1.39. The first-order valence-electron chi connectivity index (χ1n) is 8.13. The lowest BCUT2D eigenvalue weighted by molar-refractivity contribution is -0.157. The number of thiazole rings is 1. The zero-order valence-electron chi connectivity index (χ0n) is 14.0. The fraction of sp³-hybridized carbons (Fsp3) is 0.438. The summed E-state index contributed by atoms with van der Waals surface area (Å²) in [5.41, 5.74) is 2.18. The van der Waals surface area contributed by atoms with Crippen LogP contribution >= 0.6 is 11.3 Å². The van der Waals surface area contributed by atoms with E-state index < -0.39 is 12.1 Å². The first-order valence-corrected chi connectivity index (χ1v) is 8.95. The van der Waals surface area contributed by atoms with Gasteiger partial charge >= 0.3 is 12.1 Å². The number of alkyl halides is 3. The van der Waals surface area contributed by atoms with E-state index in [0.29, 0.717) is 13.1 Å². The Kier molecular flexibility index (Phi) is 4.31. The fourth-order valence-electron chi connectivity index (χ4n) is 2.93. The average Bonchev–Trinajstić information content (AvgIpc) is 3.23. The maximum atomic E-state index is 12.5. The molecule has 0 radical (unpaired) electrons. The van der Waals surface area contributed by atoms with Crippen LogP contribution in [0, 0.1) is 6.92 Å². The van der Waals surface area contributed by atoms with Crippen molar-refractivity contribution in [2.24, 2.45) is 0 Å². The highest BCUT2D eigenvalue weighted by atomic mass is 32.1. The summed E-state index contributed by atoms with van der Waals surface area (Å²) < 4.78 is 43.4. The van der Waals surface area contributed by atoms with Crippen molar-refractivity contribution in [2.75, 3.05) is 31.1 Å². The van der Waals surface area contributed by atoms with Gasteiger partial charge in [0.25, 0.3) is 0 Å². The van der Waals surface area contributed by atoms with Gasteiger partial charge in [0.05, 0.1) is 16.8 Å². The molecule has 0 aliphatic carbocycles. The van der Waals surface area contributed by atoms with Gasteiger partial charge in [-0.1, -0.05) is 23.5 Å². The second-order valence-corrected chi connectivity index (χ2v) is 7.19. The molecule has 0 unspecified atom stereocenters. The standard InChI is InChI=1S/C16H16F3N5OS/c1-10-3-2-4-11-13(10)20-15(26-11)24-7-5-23(6-8-24)9-12-21-22-14(25-12)16(17,18)19/h2-4H,5-9H2,1H3. The van der Waals surface area contributed by atoms with Crippen LogP contribution in [0.2, 0.25) is 0 Å². The van der Waals surface area contributed by atoms with E-state index in [1.54, 1.807) is 11.3 Å². The molecule has 1 aliphatic rings. The third-order valence-corrected chi connectivity index (χ3v) is 5.40. The monoisotopic (exact) mass is 383 g/mol. The summed E-state index contributed by atoms with van der Waals surface area (Å²) in [6.07, 6.45) is -4.60. The van der Waals surface area contributed by atoms with Crippen molar-refractivity contribution >= 4 is 26.7 Å². The van der Waals surface area contributed by atoms with Crippen molar-refractivity contribution in [1.29, 1.82) is 0 Å². The molecule has 0 amide bonds. The average molecular weight is 383 g/mol. The minimum absolute atomic E-state index is 0.0126. The number of benzene rings is 1. The molecule has 3 aromatic rings. The van der Waals surface area contributed by atoms with E-state index in [1.807, 2.05) is 24.0 Å². The Bertz CT molecular complexity index is 914. The predicted molar refractivity (Wildman–Crippen MR) is 91.1 cm³/mol. The number of aryl methyl sites for hydroxylation is 1. The third-order valence-electron chi connectivity index (χ3n) is 4.32. The van der Waals surface area contributed by atoms with Crippen LogP contribution < -0.4 is 4.90 Å². The van der Waals surface area contributed by atoms with Crippen LogP contribution in [-0.2, 0) is 12.7 Å². The highest BCUT2D eigenvalue weighted by molar-refractivity contribution is 7.22. The normalized spacial score (nSPS) is 16.5. The van der Waals surface area contributed by atoms with E-state index in [2.05, 4.69) is 21.2 Å².